The van der Waals surface area contributed by atoms with Gasteiger partial charge in [-0.25, -0.2) is 0 Å². The van der Waals surface area contributed by atoms with Crippen molar-refractivity contribution in [1.29, 1.82) is 0 Å². The molecule has 5 rings (SSSR count). The van der Waals surface area contributed by atoms with Crippen LogP contribution in [0, 0.1) is 6.92 Å². The molecule has 1 aliphatic heterocycles. The van der Waals surface area contributed by atoms with E-state index in [0.29, 0.717) is 6.42 Å². The molecule has 150 valence electrons. The highest BCUT2D eigenvalue weighted by molar-refractivity contribution is 7.99. The van der Waals surface area contributed by atoms with Crippen molar-refractivity contribution in [3.05, 3.63) is 83.4 Å². The van der Waals surface area contributed by atoms with Crippen molar-refractivity contribution in [2.75, 3.05) is 10.2 Å². The zero-order valence-electron chi connectivity index (χ0n) is 16.7. The first-order valence-corrected chi connectivity index (χ1v) is 11.0. The Morgan fingerprint density at radius 1 is 1.03 bits per heavy atom. The van der Waals surface area contributed by atoms with Crippen LogP contribution >= 0.6 is 11.8 Å². The third-order valence-electron chi connectivity index (χ3n) is 5.46. The zero-order valence-corrected chi connectivity index (χ0v) is 17.5. The van der Waals surface area contributed by atoms with Crippen molar-refractivity contribution >= 4 is 35.0 Å². The lowest BCUT2D eigenvalue weighted by atomic mass is 10.1. The Kier molecular flexibility index (Phi) is 4.83. The smallest absolute Gasteiger partial charge is 0.259 e. The lowest BCUT2D eigenvalue weighted by molar-refractivity contribution is -0.115. The fourth-order valence-corrected chi connectivity index (χ4v) is 4.86. The van der Waals surface area contributed by atoms with Gasteiger partial charge < -0.3 is 10.2 Å². The minimum absolute atomic E-state index is 0.0482. The van der Waals surface area contributed by atoms with Crippen LogP contribution in [0.15, 0.2) is 76.5 Å². The summed E-state index contributed by atoms with van der Waals surface area (Å²) in [6, 6.07) is 21.9. The molecule has 2 aliphatic rings. The van der Waals surface area contributed by atoms with Crippen molar-refractivity contribution in [1.82, 2.24) is 0 Å². The second-order valence-electron chi connectivity index (χ2n) is 7.90. The molecule has 1 N–H and O–H groups in total. The highest BCUT2D eigenvalue weighted by Crippen LogP contribution is 2.46. The molecule has 0 atom stereocenters. The zero-order chi connectivity index (χ0) is 20.7. The summed E-state index contributed by atoms with van der Waals surface area (Å²) in [5.74, 6) is 0.0171. The van der Waals surface area contributed by atoms with Gasteiger partial charge in [-0.3, -0.25) is 9.59 Å². The third kappa shape index (κ3) is 3.73. The molecule has 1 saturated carbocycles. The lowest BCUT2D eigenvalue weighted by Crippen LogP contribution is -2.32. The molecule has 0 spiro atoms. The van der Waals surface area contributed by atoms with Gasteiger partial charge in [-0.15, -0.1) is 0 Å². The maximum absolute atomic E-state index is 13.2. The van der Waals surface area contributed by atoms with Gasteiger partial charge in [0.05, 0.1) is 17.7 Å². The van der Waals surface area contributed by atoms with Crippen LogP contribution in [-0.2, 0) is 11.2 Å². The quantitative estimate of drug-likeness (QED) is 0.618. The Morgan fingerprint density at radius 2 is 1.80 bits per heavy atom. The number of fused-ring (bicyclic) bond motifs is 2. The average molecular weight is 415 g/mol. The Morgan fingerprint density at radius 3 is 2.57 bits per heavy atom. The summed E-state index contributed by atoms with van der Waals surface area (Å²) in [6.07, 6.45) is 2.40. The summed E-state index contributed by atoms with van der Waals surface area (Å²) in [5, 5.41) is 3.01. The fraction of sp³-hybridized carbons (Fsp3) is 0.200. The number of carbonyl (C=O) groups is 2. The highest BCUT2D eigenvalue weighted by Gasteiger charge is 2.38. The van der Waals surface area contributed by atoms with E-state index in [1.165, 1.54) is 5.56 Å². The van der Waals surface area contributed by atoms with E-state index in [0.717, 1.165) is 45.1 Å². The molecule has 1 fully saturated rings. The number of amides is 2. The largest absolute Gasteiger partial charge is 0.326 e. The average Bonchev–Trinajstić information content (AvgIpc) is 3.57. The molecule has 0 saturated heterocycles. The number of nitrogens with one attached hydrogen (secondary N) is 1. The first-order chi connectivity index (χ1) is 14.6. The second-order valence-corrected chi connectivity index (χ2v) is 8.98. The lowest BCUT2D eigenvalue weighted by Gasteiger charge is -2.23. The van der Waals surface area contributed by atoms with Gasteiger partial charge in [0.15, 0.2) is 0 Å². The molecule has 1 heterocycles. The van der Waals surface area contributed by atoms with Gasteiger partial charge in [0, 0.05) is 21.5 Å². The monoisotopic (exact) mass is 414 g/mol. The maximum Gasteiger partial charge on any atom is 0.259 e. The van der Waals surface area contributed by atoms with Gasteiger partial charge in [0.1, 0.15) is 0 Å². The van der Waals surface area contributed by atoms with Crippen LogP contribution in [0.1, 0.15) is 34.3 Å². The summed E-state index contributed by atoms with van der Waals surface area (Å²) in [4.78, 5) is 29.7. The number of nitrogens with zero attached hydrogens (tertiary/aromatic N) is 1. The van der Waals surface area contributed by atoms with E-state index in [9.17, 15) is 9.59 Å². The topological polar surface area (TPSA) is 49.4 Å². The van der Waals surface area contributed by atoms with Crippen LogP contribution < -0.4 is 10.2 Å². The summed E-state index contributed by atoms with van der Waals surface area (Å²) < 4.78 is 0. The van der Waals surface area contributed by atoms with E-state index in [1.54, 1.807) is 11.8 Å². The minimum atomic E-state index is -0.0482. The van der Waals surface area contributed by atoms with E-state index in [4.69, 9.17) is 0 Å². The van der Waals surface area contributed by atoms with Crippen LogP contribution in [0.3, 0.4) is 0 Å². The Labute approximate surface area is 180 Å². The van der Waals surface area contributed by atoms with Crippen molar-refractivity contribution in [2.24, 2.45) is 0 Å². The molecule has 0 aromatic heterocycles. The molecule has 0 bridgehead atoms. The maximum atomic E-state index is 13.2. The van der Waals surface area contributed by atoms with Crippen LogP contribution in [0.5, 0.6) is 0 Å². The van der Waals surface area contributed by atoms with Gasteiger partial charge in [-0.1, -0.05) is 53.7 Å². The number of carbonyl (C=O) groups excluding carboxylic acids is 2. The molecular formula is C25H22N2O2S. The summed E-state index contributed by atoms with van der Waals surface area (Å²) in [6.45, 7) is 2.03. The van der Waals surface area contributed by atoms with E-state index in [1.807, 2.05) is 78.6 Å². The first-order valence-electron chi connectivity index (χ1n) is 10.2. The van der Waals surface area contributed by atoms with Crippen LogP contribution in [-0.4, -0.2) is 17.9 Å². The standard InChI is InChI=1S/C25H22N2O2S/c1-16-6-8-17(9-7-16)14-24(28)26-18-10-13-21-23(15-18)30-22-5-3-2-4-20(22)25(29)27(21)19-11-12-19/h2-10,13,15,19H,11-12,14H2,1H3,(H,26,28). The van der Waals surface area contributed by atoms with E-state index < -0.39 is 0 Å². The number of anilines is 2. The van der Waals surface area contributed by atoms with Gasteiger partial charge in [-0.2, -0.15) is 0 Å². The predicted molar refractivity (Wildman–Crippen MR) is 120 cm³/mol. The normalized spacial score (nSPS) is 15.2. The molecule has 2 amide bonds. The molecule has 1 aliphatic carbocycles. The number of hydrogen-bond acceptors (Lipinski definition) is 3. The van der Waals surface area contributed by atoms with Crippen molar-refractivity contribution in [3.8, 4) is 0 Å². The van der Waals surface area contributed by atoms with E-state index >= 15 is 0 Å². The third-order valence-corrected chi connectivity index (χ3v) is 6.58. The molecule has 0 unspecified atom stereocenters. The Bertz CT molecular complexity index is 1140. The molecule has 0 radical (unpaired) electrons. The van der Waals surface area contributed by atoms with E-state index in [-0.39, 0.29) is 17.9 Å². The predicted octanol–water partition coefficient (Wildman–Crippen LogP) is 5.45. The molecule has 4 nitrogen and oxygen atoms in total. The number of benzene rings is 3. The SMILES string of the molecule is Cc1ccc(CC(=O)Nc2ccc3c(c2)Sc2ccccc2C(=O)N3C2CC2)cc1. The Balaban J connectivity index is 1.43. The summed E-state index contributed by atoms with van der Waals surface area (Å²) in [7, 11) is 0. The van der Waals surface area contributed by atoms with Gasteiger partial charge in [0.2, 0.25) is 5.91 Å². The second kappa shape index (κ2) is 7.65. The van der Waals surface area contributed by atoms with Crippen LogP contribution in [0.4, 0.5) is 11.4 Å². The van der Waals surface area contributed by atoms with Crippen molar-refractivity contribution < 1.29 is 9.59 Å². The number of rotatable bonds is 4. The molecular weight excluding hydrogens is 392 g/mol. The number of hydrogen-bond donors (Lipinski definition) is 1. The Hall–Kier alpha value is -3.05. The summed E-state index contributed by atoms with van der Waals surface area (Å²) >= 11 is 1.59. The molecule has 30 heavy (non-hydrogen) atoms. The summed E-state index contributed by atoms with van der Waals surface area (Å²) in [5.41, 5.74) is 4.59. The molecule has 3 aromatic carbocycles. The van der Waals surface area contributed by atoms with Gasteiger partial charge >= 0.3 is 0 Å². The van der Waals surface area contributed by atoms with E-state index in [2.05, 4.69) is 5.32 Å². The van der Waals surface area contributed by atoms with Crippen molar-refractivity contribution in [3.63, 3.8) is 0 Å². The molecule has 5 heteroatoms. The minimum Gasteiger partial charge on any atom is -0.326 e. The van der Waals surface area contributed by atoms with Gasteiger partial charge in [0.25, 0.3) is 5.91 Å². The fourth-order valence-electron chi connectivity index (χ4n) is 3.75. The van der Waals surface area contributed by atoms with Gasteiger partial charge in [-0.05, 0) is 55.7 Å². The molecule has 3 aromatic rings. The number of aryl methyl sites for hydroxylation is 1. The van der Waals surface area contributed by atoms with Crippen LogP contribution in [0.2, 0.25) is 0 Å². The highest BCUT2D eigenvalue weighted by atomic mass is 32.2. The first kappa shape index (κ1) is 18.9. The van der Waals surface area contributed by atoms with Crippen LogP contribution in [0.25, 0.3) is 0 Å². The van der Waals surface area contributed by atoms with Crippen molar-refractivity contribution in [2.45, 2.75) is 42.0 Å².